The Labute approximate surface area is 114 Å². The van der Waals surface area contributed by atoms with E-state index in [4.69, 9.17) is 5.11 Å². The van der Waals surface area contributed by atoms with Crippen molar-refractivity contribution in [3.05, 3.63) is 0 Å². The molecular formula is C13H25N3O3. The highest BCUT2D eigenvalue weighted by Crippen LogP contribution is 2.19. The van der Waals surface area contributed by atoms with Crippen molar-refractivity contribution in [2.45, 2.75) is 45.2 Å². The van der Waals surface area contributed by atoms with Gasteiger partial charge in [0.25, 0.3) is 0 Å². The minimum atomic E-state index is -0.843. The van der Waals surface area contributed by atoms with E-state index in [1.807, 2.05) is 7.05 Å². The van der Waals surface area contributed by atoms with Gasteiger partial charge in [-0.1, -0.05) is 0 Å². The van der Waals surface area contributed by atoms with Crippen LogP contribution in [-0.2, 0) is 4.79 Å². The molecular weight excluding hydrogens is 246 g/mol. The van der Waals surface area contributed by atoms with Gasteiger partial charge in [0.15, 0.2) is 0 Å². The number of amides is 2. The van der Waals surface area contributed by atoms with Crippen molar-refractivity contribution < 1.29 is 14.7 Å². The fourth-order valence-corrected chi connectivity index (χ4v) is 2.22. The van der Waals surface area contributed by atoms with Gasteiger partial charge in [-0.2, -0.15) is 0 Å². The summed E-state index contributed by atoms with van der Waals surface area (Å²) in [5, 5.41) is 11.7. The van der Waals surface area contributed by atoms with Crippen LogP contribution in [0, 0.1) is 0 Å². The molecule has 19 heavy (non-hydrogen) atoms. The highest BCUT2D eigenvalue weighted by molar-refractivity contribution is 5.76. The van der Waals surface area contributed by atoms with Crippen LogP contribution in [0.2, 0.25) is 0 Å². The number of urea groups is 1. The Hall–Kier alpha value is -1.30. The fraction of sp³-hybridized carbons (Fsp3) is 0.846. The predicted octanol–water partition coefficient (Wildman–Crippen LogP) is 0.975. The fourth-order valence-electron chi connectivity index (χ4n) is 2.22. The van der Waals surface area contributed by atoms with Crippen LogP contribution in [0.25, 0.3) is 0 Å². The van der Waals surface area contributed by atoms with E-state index in [-0.39, 0.29) is 18.5 Å². The number of carboxylic acids is 1. The summed E-state index contributed by atoms with van der Waals surface area (Å²) >= 11 is 0. The molecule has 0 spiro atoms. The highest BCUT2D eigenvalue weighted by Gasteiger charge is 2.30. The maximum absolute atomic E-state index is 12.0. The average molecular weight is 271 g/mol. The average Bonchev–Trinajstić information content (AvgIpc) is 2.75. The Morgan fingerprint density at radius 3 is 2.74 bits per heavy atom. The van der Waals surface area contributed by atoms with E-state index in [1.54, 1.807) is 4.90 Å². The molecule has 0 aliphatic carbocycles. The summed E-state index contributed by atoms with van der Waals surface area (Å²) in [6.07, 6.45) is 1.71. The first-order chi connectivity index (χ1) is 8.91. The smallest absolute Gasteiger partial charge is 0.317 e. The van der Waals surface area contributed by atoms with Crippen molar-refractivity contribution in [3.63, 3.8) is 0 Å². The quantitative estimate of drug-likeness (QED) is 0.755. The van der Waals surface area contributed by atoms with Gasteiger partial charge in [0.05, 0.1) is 6.42 Å². The van der Waals surface area contributed by atoms with Gasteiger partial charge in [0.2, 0.25) is 0 Å². The van der Waals surface area contributed by atoms with Gasteiger partial charge in [-0.15, -0.1) is 0 Å². The van der Waals surface area contributed by atoms with E-state index in [2.05, 4.69) is 24.1 Å². The van der Waals surface area contributed by atoms with E-state index in [9.17, 15) is 9.59 Å². The molecule has 1 fully saturated rings. The summed E-state index contributed by atoms with van der Waals surface area (Å²) in [4.78, 5) is 26.5. The Morgan fingerprint density at radius 1 is 1.47 bits per heavy atom. The molecule has 1 atom stereocenters. The maximum atomic E-state index is 12.0. The first-order valence-corrected chi connectivity index (χ1v) is 6.88. The summed E-state index contributed by atoms with van der Waals surface area (Å²) in [7, 11) is 2.01. The third-order valence-corrected chi connectivity index (χ3v) is 3.67. The third kappa shape index (κ3) is 5.06. The van der Waals surface area contributed by atoms with Crippen LogP contribution in [0.5, 0.6) is 0 Å². The van der Waals surface area contributed by atoms with Gasteiger partial charge >= 0.3 is 12.0 Å². The molecule has 1 aliphatic rings. The van der Waals surface area contributed by atoms with Crippen molar-refractivity contribution in [2.75, 3.05) is 26.7 Å². The van der Waals surface area contributed by atoms with Crippen LogP contribution in [0.15, 0.2) is 0 Å². The molecule has 0 aromatic heterocycles. The first kappa shape index (κ1) is 15.8. The molecule has 110 valence electrons. The van der Waals surface area contributed by atoms with Gasteiger partial charge in [-0.25, -0.2) is 4.79 Å². The number of rotatable bonds is 6. The normalized spacial score (nSPS) is 19.2. The number of carboxylic acid groups (broad SMARTS) is 1. The second-order valence-corrected chi connectivity index (χ2v) is 5.39. The second kappa shape index (κ2) is 7.33. The molecule has 1 unspecified atom stereocenters. The molecule has 2 amide bonds. The Kier molecular flexibility index (Phi) is 6.08. The molecule has 0 aromatic rings. The molecule has 6 nitrogen and oxygen atoms in total. The zero-order valence-electron chi connectivity index (χ0n) is 12.1. The van der Waals surface area contributed by atoms with Crippen molar-refractivity contribution in [2.24, 2.45) is 0 Å². The number of likely N-dealkylation sites (N-methyl/N-ethyl adjacent to an activating group) is 1. The van der Waals surface area contributed by atoms with Crippen LogP contribution in [-0.4, -0.2) is 65.7 Å². The molecule has 1 aliphatic heterocycles. The topological polar surface area (TPSA) is 72.9 Å². The van der Waals surface area contributed by atoms with Crippen LogP contribution >= 0.6 is 0 Å². The Morgan fingerprint density at radius 2 is 2.16 bits per heavy atom. The maximum Gasteiger partial charge on any atom is 0.317 e. The number of carbonyl (C=O) groups excluding carboxylic acids is 1. The molecule has 2 N–H and O–H groups in total. The monoisotopic (exact) mass is 271 g/mol. The molecule has 0 radical (unpaired) electrons. The molecule has 1 heterocycles. The molecule has 1 saturated heterocycles. The van der Waals surface area contributed by atoms with Gasteiger partial charge < -0.3 is 20.2 Å². The molecule has 6 heteroatoms. The summed E-state index contributed by atoms with van der Waals surface area (Å²) in [6, 6.07) is 0.157. The number of likely N-dealkylation sites (tertiary alicyclic amines) is 1. The predicted molar refractivity (Wildman–Crippen MR) is 73.1 cm³/mol. The zero-order chi connectivity index (χ0) is 14.4. The molecule has 0 bridgehead atoms. The van der Waals surface area contributed by atoms with E-state index < -0.39 is 5.97 Å². The number of carbonyl (C=O) groups is 2. The van der Waals surface area contributed by atoms with Gasteiger partial charge in [-0.3, -0.25) is 4.79 Å². The number of hydrogen-bond acceptors (Lipinski definition) is 3. The lowest BCUT2D eigenvalue weighted by Crippen LogP contribution is -2.45. The van der Waals surface area contributed by atoms with Gasteiger partial charge in [-0.05, 0) is 33.7 Å². The summed E-state index contributed by atoms with van der Waals surface area (Å²) in [6.45, 7) is 6.24. The van der Waals surface area contributed by atoms with Crippen molar-refractivity contribution >= 4 is 12.0 Å². The summed E-state index contributed by atoms with van der Waals surface area (Å²) < 4.78 is 0. The van der Waals surface area contributed by atoms with Crippen LogP contribution in [0.4, 0.5) is 4.79 Å². The number of hydrogen-bond donors (Lipinski definition) is 2. The van der Waals surface area contributed by atoms with E-state index in [1.165, 1.54) is 0 Å². The standard InChI is InChI=1S/C13H25N3O3/c1-10(2)15(3)8-6-14-13(19)16-7-4-5-11(16)9-12(17)18/h10-11H,4-9H2,1-3H3,(H,14,19)(H,17,18). The number of nitrogens with one attached hydrogen (secondary N) is 1. The minimum absolute atomic E-state index is 0.0410. The second-order valence-electron chi connectivity index (χ2n) is 5.39. The van der Waals surface area contributed by atoms with Crippen LogP contribution in [0.1, 0.15) is 33.1 Å². The van der Waals surface area contributed by atoms with Gasteiger partial charge in [0, 0.05) is 31.7 Å². The van der Waals surface area contributed by atoms with E-state index in [0.717, 1.165) is 19.4 Å². The highest BCUT2D eigenvalue weighted by atomic mass is 16.4. The Balaban J connectivity index is 2.34. The summed E-state index contributed by atoms with van der Waals surface area (Å²) in [5.74, 6) is -0.843. The van der Waals surface area contributed by atoms with Crippen molar-refractivity contribution in [1.82, 2.24) is 15.1 Å². The lowest BCUT2D eigenvalue weighted by atomic mass is 10.1. The SMILES string of the molecule is CC(C)N(C)CCNC(=O)N1CCCC1CC(=O)O. The minimum Gasteiger partial charge on any atom is -0.481 e. The number of aliphatic carboxylic acids is 1. The molecule has 1 rings (SSSR count). The van der Waals surface area contributed by atoms with Crippen LogP contribution in [0.3, 0.4) is 0 Å². The van der Waals surface area contributed by atoms with Crippen LogP contribution < -0.4 is 5.32 Å². The molecule has 0 saturated carbocycles. The zero-order valence-corrected chi connectivity index (χ0v) is 12.1. The lowest BCUT2D eigenvalue weighted by molar-refractivity contribution is -0.137. The van der Waals surface area contributed by atoms with E-state index in [0.29, 0.717) is 19.1 Å². The lowest BCUT2D eigenvalue weighted by Gasteiger charge is -2.25. The van der Waals surface area contributed by atoms with Crippen molar-refractivity contribution in [1.29, 1.82) is 0 Å². The Bertz CT molecular complexity index is 320. The third-order valence-electron chi connectivity index (χ3n) is 3.67. The van der Waals surface area contributed by atoms with E-state index >= 15 is 0 Å². The molecule has 0 aromatic carbocycles. The first-order valence-electron chi connectivity index (χ1n) is 6.88. The summed E-state index contributed by atoms with van der Waals surface area (Å²) in [5.41, 5.74) is 0. The number of nitrogens with zero attached hydrogens (tertiary/aromatic N) is 2. The van der Waals surface area contributed by atoms with Gasteiger partial charge in [0.1, 0.15) is 0 Å². The van der Waals surface area contributed by atoms with Crippen molar-refractivity contribution in [3.8, 4) is 0 Å². The largest absolute Gasteiger partial charge is 0.481 e.